The van der Waals surface area contributed by atoms with Gasteiger partial charge in [0.2, 0.25) is 0 Å². The Kier molecular flexibility index (Phi) is 7.63. The van der Waals surface area contributed by atoms with Crippen molar-refractivity contribution in [3.8, 4) is 0 Å². The maximum Gasteiger partial charge on any atom is 0.139 e. The minimum absolute atomic E-state index is 0.147. The fourth-order valence-corrected chi connectivity index (χ4v) is 4.93. The number of halogens is 1. The molecule has 0 radical (unpaired) electrons. The van der Waals surface area contributed by atoms with Gasteiger partial charge in [-0.25, -0.2) is 4.39 Å². The Hall–Kier alpha value is -2.69. The molecule has 0 amide bonds. The van der Waals surface area contributed by atoms with Crippen molar-refractivity contribution in [3.63, 3.8) is 0 Å². The number of nitrogens with one attached hydrogen (secondary N) is 1. The van der Waals surface area contributed by atoms with Crippen molar-refractivity contribution in [3.05, 3.63) is 48.4 Å². The van der Waals surface area contributed by atoms with Crippen molar-refractivity contribution in [1.82, 2.24) is 20.2 Å². The van der Waals surface area contributed by atoms with Gasteiger partial charge < -0.3 is 15.4 Å². The molecule has 192 valence electrons. The third kappa shape index (κ3) is 5.94. The number of allylic oxidation sites excluding steroid dienone is 2. The van der Waals surface area contributed by atoms with Crippen LogP contribution in [0.3, 0.4) is 0 Å². The maximum absolute atomic E-state index is 14.8. The second kappa shape index (κ2) is 10.5. The van der Waals surface area contributed by atoms with Crippen molar-refractivity contribution in [1.29, 1.82) is 0 Å². The lowest BCUT2D eigenvalue weighted by molar-refractivity contribution is 0.0812. The Balaban J connectivity index is 1.43. The highest BCUT2D eigenvalue weighted by Crippen LogP contribution is 2.45. The van der Waals surface area contributed by atoms with E-state index in [-0.39, 0.29) is 29.8 Å². The van der Waals surface area contributed by atoms with Gasteiger partial charge in [0.15, 0.2) is 0 Å². The van der Waals surface area contributed by atoms with Gasteiger partial charge in [0, 0.05) is 76.5 Å². The summed E-state index contributed by atoms with van der Waals surface area (Å²) < 4.78 is 20.8. The van der Waals surface area contributed by atoms with Crippen LogP contribution in [0.5, 0.6) is 0 Å². The summed E-state index contributed by atoms with van der Waals surface area (Å²) in [7, 11) is 1.99. The van der Waals surface area contributed by atoms with Crippen LogP contribution in [0.4, 0.5) is 4.39 Å². The molecule has 5 N–H and O–H groups in total. The van der Waals surface area contributed by atoms with E-state index in [0.29, 0.717) is 29.8 Å². The molecule has 3 atom stereocenters. The Morgan fingerprint density at radius 1 is 1.31 bits per heavy atom. The van der Waals surface area contributed by atoms with Crippen LogP contribution in [0.15, 0.2) is 58.5 Å². The van der Waals surface area contributed by atoms with E-state index >= 15 is 0 Å². The summed E-state index contributed by atoms with van der Waals surface area (Å²) in [6, 6.07) is 0.0287. The molecule has 1 saturated heterocycles. The fraction of sp³-hybridized carbons (Fsp3) is 0.600. The fourth-order valence-electron chi connectivity index (χ4n) is 4.93. The quantitative estimate of drug-likeness (QED) is 0.259. The minimum Gasteiger partial charge on any atom is -0.489 e. The second-order valence-corrected chi connectivity index (χ2v) is 10.2. The van der Waals surface area contributed by atoms with E-state index in [2.05, 4.69) is 38.5 Å². The molecule has 0 aromatic carbocycles. The number of nitrogens with two attached hydrogens (primary N) is 2. The van der Waals surface area contributed by atoms with Crippen LogP contribution in [-0.4, -0.2) is 84.2 Å². The standard InChI is InChI=1S/C25H39FN8O/c1-5-29-21(14-24(27)34-10-8-33(9-11-34)18-15-30-32(4)16-18)17(2)19-12-23(35-25(3)6-7-25)20(26)13-22(19)31-28/h5,14-15,18-19,22,31H,1-2,6-13,16,27-28H2,3-4H3/b24-14+,29-21+/t18-,19?,22-/m1/s1. The van der Waals surface area contributed by atoms with Crippen molar-refractivity contribution in [2.45, 2.75) is 50.3 Å². The summed E-state index contributed by atoms with van der Waals surface area (Å²) in [6.07, 6.45) is 7.73. The molecule has 2 aliphatic heterocycles. The number of piperazine rings is 1. The first kappa shape index (κ1) is 25.4. The van der Waals surface area contributed by atoms with E-state index in [4.69, 9.17) is 16.3 Å². The SMILES string of the molecule is C=C/N=C(\C=C(/N)N1CCN([C@@H]2C=NN(C)C2)CC1)C(=C)C1CC(OC2(C)CC2)=C(F)C[C@H]1NN. The van der Waals surface area contributed by atoms with Crippen LogP contribution in [0, 0.1) is 5.92 Å². The molecule has 1 unspecified atom stereocenters. The molecule has 2 heterocycles. The summed E-state index contributed by atoms with van der Waals surface area (Å²) in [5.74, 6) is 6.38. The predicted molar refractivity (Wildman–Crippen MR) is 138 cm³/mol. The zero-order chi connectivity index (χ0) is 25.2. The van der Waals surface area contributed by atoms with Crippen molar-refractivity contribution < 1.29 is 9.13 Å². The Labute approximate surface area is 207 Å². The van der Waals surface area contributed by atoms with Gasteiger partial charge >= 0.3 is 0 Å². The van der Waals surface area contributed by atoms with Crippen LogP contribution in [0.2, 0.25) is 0 Å². The van der Waals surface area contributed by atoms with E-state index in [1.165, 1.54) is 6.20 Å². The van der Waals surface area contributed by atoms with Crippen molar-refractivity contribution in [2.24, 2.45) is 27.6 Å². The van der Waals surface area contributed by atoms with Gasteiger partial charge in [-0.15, -0.1) is 0 Å². The molecule has 9 nitrogen and oxygen atoms in total. The molecule has 0 aromatic heterocycles. The van der Waals surface area contributed by atoms with Gasteiger partial charge in [-0.05, 0) is 25.3 Å². The van der Waals surface area contributed by atoms with Gasteiger partial charge in [-0.2, -0.15) is 5.10 Å². The summed E-state index contributed by atoms with van der Waals surface area (Å²) in [4.78, 5) is 9.05. The number of aliphatic imine (C=N–C) groups is 1. The lowest BCUT2D eigenvalue weighted by Crippen LogP contribution is -2.52. The van der Waals surface area contributed by atoms with E-state index in [9.17, 15) is 4.39 Å². The van der Waals surface area contributed by atoms with E-state index in [0.717, 1.165) is 51.1 Å². The number of nitrogens with zero attached hydrogens (tertiary/aromatic N) is 5. The summed E-state index contributed by atoms with van der Waals surface area (Å²) in [5.41, 5.74) is 10.4. The zero-order valence-corrected chi connectivity index (χ0v) is 20.9. The first-order valence-electron chi connectivity index (χ1n) is 12.3. The maximum atomic E-state index is 14.8. The van der Waals surface area contributed by atoms with Gasteiger partial charge in [0.05, 0.1) is 18.3 Å². The average Bonchev–Trinajstić information content (AvgIpc) is 3.41. The lowest BCUT2D eigenvalue weighted by Gasteiger charge is -2.38. The van der Waals surface area contributed by atoms with Crippen LogP contribution < -0.4 is 17.0 Å². The Bertz CT molecular complexity index is 945. The van der Waals surface area contributed by atoms with Gasteiger partial charge in [0.25, 0.3) is 0 Å². The Morgan fingerprint density at radius 2 is 2.03 bits per heavy atom. The normalized spacial score (nSPS) is 29.5. The first-order chi connectivity index (χ1) is 16.7. The van der Waals surface area contributed by atoms with Gasteiger partial charge in [-0.1, -0.05) is 13.2 Å². The highest BCUT2D eigenvalue weighted by Gasteiger charge is 2.43. The molecule has 4 aliphatic rings. The highest BCUT2D eigenvalue weighted by molar-refractivity contribution is 6.09. The average molecular weight is 487 g/mol. The molecule has 2 aliphatic carbocycles. The molecule has 0 spiro atoms. The largest absolute Gasteiger partial charge is 0.489 e. The molecular weight excluding hydrogens is 447 g/mol. The topological polar surface area (TPSA) is 108 Å². The number of hydrogen-bond donors (Lipinski definition) is 3. The number of hydrazine groups is 1. The number of rotatable bonds is 9. The van der Waals surface area contributed by atoms with Crippen molar-refractivity contribution in [2.75, 3.05) is 39.8 Å². The van der Waals surface area contributed by atoms with Crippen LogP contribution in [-0.2, 0) is 4.74 Å². The van der Waals surface area contributed by atoms with Crippen LogP contribution >= 0.6 is 0 Å². The first-order valence-corrected chi connectivity index (χ1v) is 12.3. The smallest absolute Gasteiger partial charge is 0.139 e. The monoisotopic (exact) mass is 486 g/mol. The number of hydrogen-bond acceptors (Lipinski definition) is 9. The van der Waals surface area contributed by atoms with E-state index < -0.39 is 0 Å². The number of hydrazone groups is 1. The number of ether oxygens (including phenoxy) is 1. The molecule has 0 aromatic rings. The van der Waals surface area contributed by atoms with Gasteiger partial charge in [0.1, 0.15) is 23.0 Å². The third-order valence-corrected chi connectivity index (χ3v) is 7.46. The Morgan fingerprint density at radius 3 is 2.60 bits per heavy atom. The predicted octanol–water partition coefficient (Wildman–Crippen LogP) is 1.84. The van der Waals surface area contributed by atoms with Crippen LogP contribution in [0.1, 0.15) is 32.6 Å². The number of likely N-dealkylation sites (N-methyl/N-ethyl adjacent to an activating group) is 1. The van der Waals surface area contributed by atoms with Gasteiger partial charge in [-0.3, -0.25) is 26.2 Å². The molecule has 4 rings (SSSR count). The molecule has 0 bridgehead atoms. The van der Waals surface area contributed by atoms with E-state index in [1.807, 2.05) is 31.3 Å². The summed E-state index contributed by atoms with van der Waals surface area (Å²) in [6.45, 7) is 14.4. The molecule has 35 heavy (non-hydrogen) atoms. The highest BCUT2D eigenvalue weighted by atomic mass is 19.1. The molecule has 10 heteroatoms. The third-order valence-electron chi connectivity index (χ3n) is 7.46. The van der Waals surface area contributed by atoms with Crippen molar-refractivity contribution >= 4 is 11.9 Å². The summed E-state index contributed by atoms with van der Waals surface area (Å²) >= 11 is 0. The molecule has 1 saturated carbocycles. The van der Waals surface area contributed by atoms with Crippen LogP contribution in [0.25, 0.3) is 0 Å². The lowest BCUT2D eigenvalue weighted by atomic mass is 9.80. The second-order valence-electron chi connectivity index (χ2n) is 10.2. The minimum atomic E-state index is -0.318. The molecule has 2 fully saturated rings. The summed E-state index contributed by atoms with van der Waals surface area (Å²) in [5, 5.41) is 6.31. The molecular formula is C25H39FN8O. The van der Waals surface area contributed by atoms with E-state index in [1.54, 1.807) is 0 Å². The zero-order valence-electron chi connectivity index (χ0n) is 20.9.